The van der Waals surface area contributed by atoms with Crippen molar-refractivity contribution in [3.8, 4) is 0 Å². The summed E-state index contributed by atoms with van der Waals surface area (Å²) in [4.78, 5) is 20.8. The first-order chi connectivity index (χ1) is 5.54. The number of carbonyl (C=O) groups is 2. The van der Waals surface area contributed by atoms with Crippen molar-refractivity contribution < 1.29 is 25.0 Å². The Morgan fingerprint density at radius 2 is 1.83 bits per heavy atom. The van der Waals surface area contributed by atoms with Crippen molar-refractivity contribution in [3.63, 3.8) is 0 Å². The molecule has 0 rings (SSSR count). The van der Waals surface area contributed by atoms with Gasteiger partial charge in [0.25, 0.3) is 0 Å². The number of carboxylic acid groups (broad SMARTS) is 2. The summed E-state index contributed by atoms with van der Waals surface area (Å²) in [5.41, 5.74) is 1.45. The smallest absolute Gasteiger partial charge is 0.323 e. The standard InChI is InChI=1S/C6H11NO5/c1-2-3(5(8)9)4(7-12)6(10)11/h3-4,7,12H,2H2,1H3,(H,8,9)(H,10,11)/t3-,4+/m1/s1. The zero-order chi connectivity index (χ0) is 9.72. The van der Waals surface area contributed by atoms with Crippen molar-refractivity contribution >= 4 is 11.9 Å². The lowest BCUT2D eigenvalue weighted by Gasteiger charge is -2.16. The van der Waals surface area contributed by atoms with Crippen molar-refractivity contribution in [3.05, 3.63) is 0 Å². The molecule has 0 spiro atoms. The maximum atomic E-state index is 10.4. The fraction of sp³-hybridized carbons (Fsp3) is 0.667. The third kappa shape index (κ3) is 2.48. The summed E-state index contributed by atoms with van der Waals surface area (Å²) in [6.45, 7) is 1.53. The van der Waals surface area contributed by atoms with Crippen LogP contribution in [-0.4, -0.2) is 33.4 Å². The van der Waals surface area contributed by atoms with Crippen molar-refractivity contribution in [2.45, 2.75) is 19.4 Å². The molecule has 0 aliphatic heterocycles. The van der Waals surface area contributed by atoms with E-state index >= 15 is 0 Å². The molecule has 70 valence electrons. The molecule has 0 bridgehead atoms. The highest BCUT2D eigenvalue weighted by Gasteiger charge is 2.31. The number of rotatable bonds is 5. The van der Waals surface area contributed by atoms with E-state index in [0.29, 0.717) is 0 Å². The van der Waals surface area contributed by atoms with Gasteiger partial charge in [-0.2, -0.15) is 5.48 Å². The highest BCUT2D eigenvalue weighted by molar-refractivity contribution is 5.82. The van der Waals surface area contributed by atoms with E-state index in [2.05, 4.69) is 0 Å². The number of hydrogen-bond acceptors (Lipinski definition) is 4. The third-order valence-electron chi connectivity index (χ3n) is 1.56. The first-order valence-corrected chi connectivity index (χ1v) is 3.39. The molecule has 0 aliphatic carbocycles. The first-order valence-electron chi connectivity index (χ1n) is 3.39. The number of aliphatic carboxylic acids is 2. The Kier molecular flexibility index (Phi) is 4.24. The molecule has 0 fully saturated rings. The number of hydroxylamine groups is 1. The molecule has 0 amide bonds. The van der Waals surface area contributed by atoms with Crippen molar-refractivity contribution in [2.75, 3.05) is 0 Å². The molecule has 12 heavy (non-hydrogen) atoms. The molecular weight excluding hydrogens is 166 g/mol. The van der Waals surface area contributed by atoms with Gasteiger partial charge in [0.1, 0.15) is 6.04 Å². The van der Waals surface area contributed by atoms with Gasteiger partial charge in [0.2, 0.25) is 0 Å². The van der Waals surface area contributed by atoms with Crippen LogP contribution in [0.25, 0.3) is 0 Å². The zero-order valence-electron chi connectivity index (χ0n) is 6.52. The molecule has 4 N–H and O–H groups in total. The van der Waals surface area contributed by atoms with Crippen LogP contribution in [0.5, 0.6) is 0 Å². The fourth-order valence-electron chi connectivity index (χ4n) is 0.870. The fourth-order valence-corrected chi connectivity index (χ4v) is 0.870. The lowest BCUT2D eigenvalue weighted by molar-refractivity contribution is -0.154. The second kappa shape index (κ2) is 4.68. The van der Waals surface area contributed by atoms with E-state index in [1.54, 1.807) is 0 Å². The Labute approximate surface area is 68.8 Å². The SMILES string of the molecule is CC[C@@H](C(=O)O)[C@H](NO)C(=O)O. The van der Waals surface area contributed by atoms with Crippen LogP contribution in [0.1, 0.15) is 13.3 Å². The summed E-state index contributed by atoms with van der Waals surface area (Å²) < 4.78 is 0. The Bertz CT molecular complexity index is 161. The number of carboxylic acids is 2. The molecule has 2 atom stereocenters. The first kappa shape index (κ1) is 10.9. The van der Waals surface area contributed by atoms with Gasteiger partial charge in [-0.25, -0.2) is 0 Å². The van der Waals surface area contributed by atoms with Gasteiger partial charge in [-0.05, 0) is 6.42 Å². The lowest BCUT2D eigenvalue weighted by atomic mass is 9.98. The molecule has 0 aromatic rings. The van der Waals surface area contributed by atoms with Crippen LogP contribution in [0.3, 0.4) is 0 Å². The van der Waals surface area contributed by atoms with Gasteiger partial charge in [0.05, 0.1) is 5.92 Å². The van der Waals surface area contributed by atoms with E-state index < -0.39 is 23.9 Å². The van der Waals surface area contributed by atoms with Gasteiger partial charge in [-0.15, -0.1) is 0 Å². The van der Waals surface area contributed by atoms with Gasteiger partial charge in [-0.3, -0.25) is 9.59 Å². The van der Waals surface area contributed by atoms with Crippen LogP contribution in [0, 0.1) is 5.92 Å². The minimum Gasteiger partial charge on any atom is -0.481 e. The van der Waals surface area contributed by atoms with Gasteiger partial charge < -0.3 is 15.4 Å². The summed E-state index contributed by atoms with van der Waals surface area (Å²) in [6, 6.07) is -1.45. The molecule has 0 saturated heterocycles. The van der Waals surface area contributed by atoms with Crippen LogP contribution < -0.4 is 5.48 Å². The molecule has 6 nitrogen and oxygen atoms in total. The summed E-state index contributed by atoms with van der Waals surface area (Å²) in [6.07, 6.45) is 0.139. The van der Waals surface area contributed by atoms with Crippen LogP contribution in [0.15, 0.2) is 0 Å². The summed E-state index contributed by atoms with van der Waals surface area (Å²) in [7, 11) is 0. The topological polar surface area (TPSA) is 107 Å². The van der Waals surface area contributed by atoms with E-state index in [1.165, 1.54) is 12.4 Å². The van der Waals surface area contributed by atoms with E-state index in [1.807, 2.05) is 0 Å². The monoisotopic (exact) mass is 177 g/mol. The summed E-state index contributed by atoms with van der Waals surface area (Å²) in [5, 5.41) is 25.3. The molecule has 0 aliphatic rings. The van der Waals surface area contributed by atoms with Gasteiger partial charge in [0.15, 0.2) is 0 Å². The highest BCUT2D eigenvalue weighted by atomic mass is 16.5. The minimum absolute atomic E-state index is 0.139. The second-order valence-corrected chi connectivity index (χ2v) is 2.30. The molecule has 0 radical (unpaired) electrons. The Hall–Kier alpha value is -1.14. The lowest BCUT2D eigenvalue weighted by Crippen LogP contribution is -2.44. The maximum absolute atomic E-state index is 10.4. The van der Waals surface area contributed by atoms with E-state index in [9.17, 15) is 9.59 Å². The van der Waals surface area contributed by atoms with Gasteiger partial charge in [0, 0.05) is 0 Å². The average Bonchev–Trinajstić information content (AvgIpc) is 1.98. The van der Waals surface area contributed by atoms with Crippen LogP contribution in [0.2, 0.25) is 0 Å². The predicted molar refractivity (Wildman–Crippen MR) is 37.8 cm³/mol. The normalized spacial score (nSPS) is 15.2. The van der Waals surface area contributed by atoms with Crippen LogP contribution in [-0.2, 0) is 9.59 Å². The van der Waals surface area contributed by atoms with Crippen LogP contribution in [0.4, 0.5) is 0 Å². The van der Waals surface area contributed by atoms with E-state index in [0.717, 1.165) is 0 Å². The quantitative estimate of drug-likeness (QED) is 0.423. The Balaban J connectivity index is 4.44. The molecule has 6 heteroatoms. The highest BCUT2D eigenvalue weighted by Crippen LogP contribution is 2.08. The van der Waals surface area contributed by atoms with Crippen LogP contribution >= 0.6 is 0 Å². The van der Waals surface area contributed by atoms with E-state index in [4.69, 9.17) is 15.4 Å². The average molecular weight is 177 g/mol. The molecule has 0 aromatic carbocycles. The molecule has 0 aromatic heterocycles. The van der Waals surface area contributed by atoms with Gasteiger partial charge >= 0.3 is 11.9 Å². The van der Waals surface area contributed by atoms with E-state index in [-0.39, 0.29) is 6.42 Å². The Morgan fingerprint density at radius 3 is 1.92 bits per heavy atom. The zero-order valence-corrected chi connectivity index (χ0v) is 6.52. The number of hydrogen-bond donors (Lipinski definition) is 4. The second-order valence-electron chi connectivity index (χ2n) is 2.30. The molecule has 0 saturated carbocycles. The maximum Gasteiger partial charge on any atom is 0.323 e. The van der Waals surface area contributed by atoms with Gasteiger partial charge in [-0.1, -0.05) is 6.92 Å². The van der Waals surface area contributed by atoms with Crippen molar-refractivity contribution in [2.24, 2.45) is 5.92 Å². The summed E-state index contributed by atoms with van der Waals surface area (Å²) in [5.74, 6) is -3.74. The predicted octanol–water partition coefficient (Wildman–Crippen LogP) is -0.471. The Morgan fingerprint density at radius 1 is 1.33 bits per heavy atom. The summed E-state index contributed by atoms with van der Waals surface area (Å²) >= 11 is 0. The molecule has 0 heterocycles. The largest absolute Gasteiger partial charge is 0.481 e. The minimum atomic E-state index is -1.45. The van der Waals surface area contributed by atoms with Crippen molar-refractivity contribution in [1.82, 2.24) is 5.48 Å². The third-order valence-corrected chi connectivity index (χ3v) is 1.56. The number of nitrogens with one attached hydrogen (secondary N) is 1. The molecular formula is C6H11NO5. The molecule has 0 unspecified atom stereocenters. The van der Waals surface area contributed by atoms with Crippen molar-refractivity contribution in [1.29, 1.82) is 0 Å².